The molecular formula is C56H51IrN3S-2. The van der Waals surface area contributed by atoms with Crippen molar-refractivity contribution >= 4 is 64.1 Å². The van der Waals surface area contributed by atoms with E-state index in [9.17, 15) is 0 Å². The van der Waals surface area contributed by atoms with E-state index in [-0.39, 0.29) is 31.2 Å². The van der Waals surface area contributed by atoms with Crippen LogP contribution >= 0.6 is 11.3 Å². The first-order valence-electron chi connectivity index (χ1n) is 23.2. The summed E-state index contributed by atoms with van der Waals surface area (Å²) in [5.74, 6) is 1.80. The maximum atomic E-state index is 8.88. The molecule has 5 heteroatoms. The number of aryl methyl sites for hydroxylation is 1. The summed E-state index contributed by atoms with van der Waals surface area (Å²) in [5.41, 5.74) is 7.68. The zero-order valence-corrected chi connectivity index (χ0v) is 38.7. The van der Waals surface area contributed by atoms with Crippen molar-refractivity contribution in [2.75, 3.05) is 0 Å². The van der Waals surface area contributed by atoms with E-state index in [0.717, 1.165) is 48.2 Å². The Morgan fingerprint density at radius 3 is 2.20 bits per heavy atom. The molecule has 1 radical (unpaired) electrons. The van der Waals surface area contributed by atoms with Crippen molar-refractivity contribution in [3.8, 4) is 28.3 Å². The van der Waals surface area contributed by atoms with Gasteiger partial charge in [-0.05, 0) is 109 Å². The molecule has 10 rings (SSSR count). The molecular weight excluding hydrogens is 939 g/mol. The molecule has 0 saturated heterocycles. The fourth-order valence-electron chi connectivity index (χ4n) is 8.27. The molecule has 307 valence electrons. The Kier molecular flexibility index (Phi) is 10.2. The van der Waals surface area contributed by atoms with Gasteiger partial charge in [-0.3, -0.25) is 4.98 Å². The Balaban J connectivity index is 0.000000187. The van der Waals surface area contributed by atoms with Gasteiger partial charge < -0.3 is 9.55 Å². The summed E-state index contributed by atoms with van der Waals surface area (Å²) >= 11 is 1.66. The summed E-state index contributed by atoms with van der Waals surface area (Å²) in [6.07, 6.45) is -0.567. The van der Waals surface area contributed by atoms with E-state index in [2.05, 4.69) is 153 Å². The van der Waals surface area contributed by atoms with Gasteiger partial charge in [0, 0.05) is 43.5 Å². The Hall–Kier alpha value is -5.45. The van der Waals surface area contributed by atoms with E-state index in [1.807, 2.05) is 24.3 Å². The van der Waals surface area contributed by atoms with Crippen LogP contribution in [-0.4, -0.2) is 14.5 Å². The summed E-state index contributed by atoms with van der Waals surface area (Å²) in [6.45, 7) is 11.9. The van der Waals surface area contributed by atoms with Crippen molar-refractivity contribution in [2.45, 2.75) is 73.5 Å². The Morgan fingerprint density at radius 1 is 0.721 bits per heavy atom. The van der Waals surface area contributed by atoms with Gasteiger partial charge in [0.25, 0.3) is 0 Å². The number of para-hydroxylation sites is 3. The molecule has 3 heterocycles. The topological polar surface area (TPSA) is 30.7 Å². The summed E-state index contributed by atoms with van der Waals surface area (Å²) in [5, 5.41) is 7.02. The second kappa shape index (κ2) is 17.1. The molecule has 0 aliphatic carbocycles. The zero-order chi connectivity index (χ0) is 46.0. The third-order valence-electron chi connectivity index (χ3n) is 11.0. The zero-order valence-electron chi connectivity index (χ0n) is 40.5. The van der Waals surface area contributed by atoms with Crippen LogP contribution in [0.5, 0.6) is 0 Å². The number of rotatable bonds is 6. The number of aromatic nitrogens is 3. The third kappa shape index (κ3) is 8.20. The van der Waals surface area contributed by atoms with Crippen molar-refractivity contribution in [1.29, 1.82) is 0 Å². The first-order valence-corrected chi connectivity index (χ1v) is 21.5. The molecule has 0 unspecified atom stereocenters. The van der Waals surface area contributed by atoms with E-state index in [1.54, 1.807) is 38.2 Å². The van der Waals surface area contributed by atoms with Crippen LogP contribution < -0.4 is 0 Å². The molecule has 61 heavy (non-hydrogen) atoms. The monoisotopic (exact) mass is 995 g/mol. The molecule has 7 aromatic carbocycles. The van der Waals surface area contributed by atoms with E-state index < -0.39 is 18.6 Å². The Bertz CT molecular complexity index is 3370. The van der Waals surface area contributed by atoms with Gasteiger partial charge in [0.1, 0.15) is 0 Å². The maximum absolute atomic E-state index is 8.88. The quantitative estimate of drug-likeness (QED) is 0.123. The first kappa shape index (κ1) is 36.2. The molecule has 0 spiro atoms. The second-order valence-electron chi connectivity index (χ2n) is 17.2. The largest absolute Gasteiger partial charge is 0.333 e. The van der Waals surface area contributed by atoms with Crippen molar-refractivity contribution < 1.29 is 27.0 Å². The molecule has 0 atom stereocenters. The van der Waals surface area contributed by atoms with E-state index in [1.165, 1.54) is 44.6 Å². The van der Waals surface area contributed by atoms with E-state index in [4.69, 9.17) is 11.8 Å². The average Bonchev–Trinajstić information content (AvgIpc) is 3.86. The molecule has 0 bridgehead atoms. The summed E-state index contributed by atoms with van der Waals surface area (Å²) in [4.78, 5) is 9.53. The number of imidazole rings is 1. The normalized spacial score (nSPS) is 13.5. The number of hydrogen-bond donors (Lipinski definition) is 0. The molecule has 0 aliphatic heterocycles. The van der Waals surface area contributed by atoms with Gasteiger partial charge >= 0.3 is 0 Å². The van der Waals surface area contributed by atoms with Gasteiger partial charge in [0.15, 0.2) is 0 Å². The number of hydrogen-bond acceptors (Lipinski definition) is 3. The Labute approximate surface area is 384 Å². The van der Waals surface area contributed by atoms with Crippen molar-refractivity contribution in [3.63, 3.8) is 0 Å². The standard InChI is InChI=1S/C31H26NS.C25H25N2.Ir/c1-19-18-32-28(15-22(19)17-31(2,3)4)25-11-7-10-24-27-14-21-13-12-20-8-5-6-9-23(20)26(21)16-29(27)33-30(24)25;1-17(2)20-13-10-14-21(18(3)4)24(20)27-23-16-9-8-15-22(23)26-25(27)19-11-6-5-7-12-19;/h5-10,12-16,18H,17H2,1-4H3;5-11,13-18H,1-4H3;/q2*-1;/i1D3,17D2;;. The smallest absolute Gasteiger partial charge is 0.0774 e. The SMILES string of the molecule is CC(C)c1cccc(C(C)C)c1-n1c(-c2[c-]cccc2)nc2ccccc21.[2H]C([2H])([2H])c1cnc(-c2[c-]ccc3c2sc2cc4c(ccc5ccccc54)cc23)cc1C([2H])([2H])C(C)(C)C.[Ir]. The van der Waals surface area contributed by atoms with E-state index in [0.29, 0.717) is 17.5 Å². The summed E-state index contributed by atoms with van der Waals surface area (Å²) < 4.78 is 46.3. The van der Waals surface area contributed by atoms with Crippen LogP contribution in [0.4, 0.5) is 0 Å². The van der Waals surface area contributed by atoms with Gasteiger partial charge in [-0.1, -0.05) is 132 Å². The predicted molar refractivity (Wildman–Crippen MR) is 258 cm³/mol. The average molecular weight is 995 g/mol. The van der Waals surface area contributed by atoms with Gasteiger partial charge in [0.2, 0.25) is 0 Å². The molecule has 0 amide bonds. The van der Waals surface area contributed by atoms with Crippen LogP contribution in [0.15, 0.2) is 140 Å². The van der Waals surface area contributed by atoms with E-state index >= 15 is 0 Å². The number of thiophene rings is 1. The Morgan fingerprint density at radius 2 is 1.46 bits per heavy atom. The molecule has 0 aliphatic rings. The third-order valence-corrected chi connectivity index (χ3v) is 12.2. The van der Waals surface area contributed by atoms with Crippen LogP contribution in [0.1, 0.15) is 89.4 Å². The molecule has 3 nitrogen and oxygen atoms in total. The minimum absolute atomic E-state index is 0. The fraction of sp³-hybridized carbons (Fsp3) is 0.214. The maximum Gasteiger partial charge on any atom is 0.0774 e. The molecule has 10 aromatic rings. The molecule has 0 N–H and O–H groups in total. The van der Waals surface area contributed by atoms with Crippen molar-refractivity contribution in [1.82, 2.24) is 14.5 Å². The molecule has 3 aromatic heterocycles. The number of pyridine rings is 1. The summed E-state index contributed by atoms with van der Waals surface area (Å²) in [6, 6.07) is 52.6. The number of benzene rings is 7. The number of nitrogens with zero attached hydrogens (tertiary/aromatic N) is 3. The van der Waals surface area contributed by atoms with Gasteiger partial charge in [-0.25, -0.2) is 0 Å². The van der Waals surface area contributed by atoms with Crippen molar-refractivity contribution in [3.05, 3.63) is 174 Å². The van der Waals surface area contributed by atoms with Crippen LogP contribution in [0.3, 0.4) is 0 Å². The fourth-order valence-corrected chi connectivity index (χ4v) is 9.50. The van der Waals surface area contributed by atoms with Crippen LogP contribution in [0.2, 0.25) is 0 Å². The van der Waals surface area contributed by atoms with Gasteiger partial charge in [-0.2, -0.15) is 11.3 Å². The van der Waals surface area contributed by atoms with Crippen LogP contribution in [0, 0.1) is 24.4 Å². The summed E-state index contributed by atoms with van der Waals surface area (Å²) in [7, 11) is 0. The number of fused-ring (bicyclic) bond motifs is 7. The van der Waals surface area contributed by atoms with Gasteiger partial charge in [-0.15, -0.1) is 59.7 Å². The minimum atomic E-state index is -2.48. The predicted octanol–water partition coefficient (Wildman–Crippen LogP) is 15.9. The van der Waals surface area contributed by atoms with Crippen molar-refractivity contribution in [2.24, 2.45) is 5.41 Å². The van der Waals surface area contributed by atoms with Gasteiger partial charge in [0.05, 0.1) is 16.9 Å². The first-order chi connectivity index (χ1) is 30.9. The minimum Gasteiger partial charge on any atom is -0.333 e. The second-order valence-corrected chi connectivity index (χ2v) is 18.2. The van der Waals surface area contributed by atoms with Crippen LogP contribution in [0.25, 0.3) is 81.1 Å². The molecule has 0 saturated carbocycles. The molecule has 0 fully saturated rings. The van der Waals surface area contributed by atoms with Crippen LogP contribution in [-0.2, 0) is 26.5 Å².